The largest absolute Gasteiger partial charge is 0.387 e. The van der Waals surface area contributed by atoms with Gasteiger partial charge in [-0.25, -0.2) is 4.39 Å². The van der Waals surface area contributed by atoms with E-state index in [-0.39, 0.29) is 5.82 Å². The van der Waals surface area contributed by atoms with Crippen molar-refractivity contribution in [2.45, 2.75) is 52.4 Å². The zero-order chi connectivity index (χ0) is 16.4. The van der Waals surface area contributed by atoms with Gasteiger partial charge < -0.3 is 5.11 Å². The molecule has 0 spiro atoms. The fraction of sp³-hybridized carbons (Fsp3) is 0.500. The summed E-state index contributed by atoms with van der Waals surface area (Å²) in [6, 6.07) is 6.98. The third-order valence-corrected chi connectivity index (χ3v) is 4.55. The molecular formula is C18H24FN3O. The molecular weight excluding hydrogens is 293 g/mol. The highest BCUT2D eigenvalue weighted by Gasteiger charge is 2.19. The molecule has 0 unspecified atom stereocenters. The van der Waals surface area contributed by atoms with Crippen molar-refractivity contribution >= 4 is 0 Å². The minimum Gasteiger partial charge on any atom is -0.387 e. The van der Waals surface area contributed by atoms with Crippen LogP contribution in [0, 0.1) is 12.7 Å². The molecule has 2 aromatic rings. The van der Waals surface area contributed by atoms with Gasteiger partial charge in [0.25, 0.3) is 0 Å². The minimum atomic E-state index is -0.492. The maximum Gasteiger partial charge on any atom is 0.123 e. The summed E-state index contributed by atoms with van der Waals surface area (Å²) in [5.74, 6) is -0.182. The molecule has 1 N–H and O–H groups in total. The summed E-state index contributed by atoms with van der Waals surface area (Å²) in [5, 5.41) is 14.5. The van der Waals surface area contributed by atoms with Gasteiger partial charge in [-0.3, -0.25) is 9.58 Å². The highest BCUT2D eigenvalue weighted by molar-refractivity contribution is 5.26. The van der Waals surface area contributed by atoms with Crippen molar-refractivity contribution < 1.29 is 9.50 Å². The second-order valence-electron chi connectivity index (χ2n) is 6.34. The maximum atomic E-state index is 13.5. The molecule has 124 valence electrons. The second kappa shape index (κ2) is 6.81. The van der Waals surface area contributed by atoms with Gasteiger partial charge in [-0.05, 0) is 49.1 Å². The van der Waals surface area contributed by atoms with Crippen LogP contribution in [0.15, 0.2) is 24.3 Å². The van der Waals surface area contributed by atoms with Crippen molar-refractivity contribution in [1.82, 2.24) is 14.7 Å². The molecule has 0 saturated carbocycles. The van der Waals surface area contributed by atoms with Crippen molar-refractivity contribution in [3.05, 3.63) is 52.6 Å². The average molecular weight is 317 g/mol. The molecule has 23 heavy (non-hydrogen) atoms. The molecule has 0 aliphatic carbocycles. The Morgan fingerprint density at radius 1 is 1.30 bits per heavy atom. The Kier molecular flexibility index (Phi) is 4.78. The Labute approximate surface area is 136 Å². The van der Waals surface area contributed by atoms with E-state index in [1.165, 1.54) is 6.07 Å². The average Bonchev–Trinajstić information content (AvgIpc) is 2.83. The lowest BCUT2D eigenvalue weighted by molar-refractivity contribution is 0.167. The summed E-state index contributed by atoms with van der Waals surface area (Å²) in [4.78, 5) is 2.32. The van der Waals surface area contributed by atoms with Crippen molar-refractivity contribution in [3.63, 3.8) is 0 Å². The van der Waals surface area contributed by atoms with Crippen LogP contribution in [0.5, 0.6) is 0 Å². The second-order valence-corrected chi connectivity index (χ2v) is 6.34. The number of fused-ring (bicyclic) bond motifs is 1. The van der Waals surface area contributed by atoms with Crippen LogP contribution < -0.4 is 0 Å². The molecule has 1 aromatic heterocycles. The number of nitrogens with zero attached hydrogens (tertiary/aromatic N) is 3. The number of hydrogen-bond donors (Lipinski definition) is 1. The first kappa shape index (κ1) is 16.1. The van der Waals surface area contributed by atoms with Crippen molar-refractivity contribution in [2.24, 2.45) is 0 Å². The standard InChI is InChI=1S/C18H24FN3O/c1-3-18(23)17-10-16-12-21(7-4-8-22(16)20-17)11-14-9-15(19)6-5-13(14)2/h5-6,9-10,18,23H,3-4,7-8,11-12H2,1-2H3/t18-/m0/s1. The van der Waals surface area contributed by atoms with Gasteiger partial charge in [-0.2, -0.15) is 5.10 Å². The van der Waals surface area contributed by atoms with Crippen molar-refractivity contribution in [3.8, 4) is 0 Å². The zero-order valence-corrected chi connectivity index (χ0v) is 13.8. The summed E-state index contributed by atoms with van der Waals surface area (Å²) < 4.78 is 15.5. The quantitative estimate of drug-likeness (QED) is 0.941. The van der Waals surface area contributed by atoms with Gasteiger partial charge in [0, 0.05) is 26.2 Å². The number of aliphatic hydroxyl groups excluding tert-OH is 1. The fourth-order valence-electron chi connectivity index (χ4n) is 3.11. The molecule has 1 aromatic carbocycles. The zero-order valence-electron chi connectivity index (χ0n) is 13.8. The lowest BCUT2D eigenvalue weighted by atomic mass is 10.1. The molecule has 5 heteroatoms. The van der Waals surface area contributed by atoms with Crippen LogP contribution in [0.25, 0.3) is 0 Å². The van der Waals surface area contributed by atoms with Crippen LogP contribution in [0.2, 0.25) is 0 Å². The van der Waals surface area contributed by atoms with Gasteiger partial charge in [-0.1, -0.05) is 13.0 Å². The van der Waals surface area contributed by atoms with Crippen molar-refractivity contribution in [1.29, 1.82) is 0 Å². The predicted octanol–water partition coefficient (Wildman–Crippen LogP) is 3.18. The van der Waals surface area contributed by atoms with Gasteiger partial charge in [0.15, 0.2) is 0 Å². The van der Waals surface area contributed by atoms with E-state index in [1.54, 1.807) is 6.07 Å². The van der Waals surface area contributed by atoms with E-state index in [2.05, 4.69) is 10.00 Å². The summed E-state index contributed by atoms with van der Waals surface area (Å²) >= 11 is 0. The van der Waals surface area contributed by atoms with Gasteiger partial charge in [0.2, 0.25) is 0 Å². The third-order valence-electron chi connectivity index (χ3n) is 4.55. The predicted molar refractivity (Wildman–Crippen MR) is 87.3 cm³/mol. The van der Waals surface area contributed by atoms with Gasteiger partial charge in [0.1, 0.15) is 5.82 Å². The van der Waals surface area contributed by atoms with E-state index in [9.17, 15) is 9.50 Å². The monoisotopic (exact) mass is 317 g/mol. The molecule has 0 bridgehead atoms. The van der Waals surface area contributed by atoms with E-state index < -0.39 is 6.10 Å². The van der Waals surface area contributed by atoms with Crippen LogP contribution in [-0.2, 0) is 19.6 Å². The summed E-state index contributed by atoms with van der Waals surface area (Å²) in [6.45, 7) is 7.32. The Hall–Kier alpha value is -1.72. The summed E-state index contributed by atoms with van der Waals surface area (Å²) in [5.41, 5.74) is 4.03. The smallest absolute Gasteiger partial charge is 0.123 e. The summed E-state index contributed by atoms with van der Waals surface area (Å²) in [7, 11) is 0. The Bertz CT molecular complexity index is 683. The number of benzene rings is 1. The van der Waals surface area contributed by atoms with Gasteiger partial charge >= 0.3 is 0 Å². The van der Waals surface area contributed by atoms with E-state index in [0.717, 1.165) is 55.1 Å². The van der Waals surface area contributed by atoms with Crippen LogP contribution in [0.3, 0.4) is 0 Å². The first-order valence-electron chi connectivity index (χ1n) is 8.29. The molecule has 1 aliphatic heterocycles. The maximum absolute atomic E-state index is 13.5. The first-order chi connectivity index (χ1) is 11.1. The van der Waals surface area contributed by atoms with Gasteiger partial charge in [0.05, 0.1) is 17.5 Å². The first-order valence-corrected chi connectivity index (χ1v) is 8.29. The molecule has 0 fully saturated rings. The third kappa shape index (κ3) is 3.62. The number of aliphatic hydroxyl groups is 1. The Balaban J connectivity index is 1.78. The molecule has 2 heterocycles. The van der Waals surface area contributed by atoms with E-state index in [4.69, 9.17) is 0 Å². The van der Waals surface area contributed by atoms with E-state index in [1.807, 2.05) is 30.7 Å². The Morgan fingerprint density at radius 2 is 2.13 bits per heavy atom. The highest BCUT2D eigenvalue weighted by Crippen LogP contribution is 2.21. The molecule has 0 radical (unpaired) electrons. The normalized spacial score (nSPS) is 16.9. The van der Waals surface area contributed by atoms with Crippen LogP contribution >= 0.6 is 0 Å². The van der Waals surface area contributed by atoms with E-state index >= 15 is 0 Å². The molecule has 4 nitrogen and oxygen atoms in total. The topological polar surface area (TPSA) is 41.3 Å². The van der Waals surface area contributed by atoms with Gasteiger partial charge in [-0.15, -0.1) is 0 Å². The molecule has 1 atom stereocenters. The van der Waals surface area contributed by atoms with Crippen LogP contribution in [-0.4, -0.2) is 26.3 Å². The van der Waals surface area contributed by atoms with E-state index in [0.29, 0.717) is 6.42 Å². The molecule has 1 aliphatic rings. The number of aryl methyl sites for hydroxylation is 2. The molecule has 3 rings (SSSR count). The highest BCUT2D eigenvalue weighted by atomic mass is 19.1. The molecule has 0 saturated heterocycles. The molecule has 0 amide bonds. The number of halogens is 1. The number of rotatable bonds is 4. The summed E-state index contributed by atoms with van der Waals surface area (Å²) in [6.07, 6.45) is 1.18. The number of aromatic nitrogens is 2. The Morgan fingerprint density at radius 3 is 2.91 bits per heavy atom. The van der Waals surface area contributed by atoms with Crippen LogP contribution in [0.4, 0.5) is 4.39 Å². The fourth-order valence-corrected chi connectivity index (χ4v) is 3.11. The lowest BCUT2D eigenvalue weighted by Gasteiger charge is -2.20. The van der Waals surface area contributed by atoms with Crippen LogP contribution in [0.1, 0.15) is 48.4 Å². The van der Waals surface area contributed by atoms with Crippen molar-refractivity contribution in [2.75, 3.05) is 6.54 Å². The number of hydrogen-bond acceptors (Lipinski definition) is 3. The SMILES string of the molecule is CC[C@H](O)c1cc2n(n1)CCCN(Cc1cc(F)ccc1C)C2. The lowest BCUT2D eigenvalue weighted by Crippen LogP contribution is -2.23. The minimum absolute atomic E-state index is 0.182.